The molecule has 0 unspecified atom stereocenters. The minimum Gasteiger partial charge on any atom is -0.354 e. The third-order valence-electron chi connectivity index (χ3n) is 2.32. The van der Waals surface area contributed by atoms with Gasteiger partial charge < -0.3 is 10.6 Å². The Hall–Kier alpha value is -0.630. The summed E-state index contributed by atoms with van der Waals surface area (Å²) in [6.07, 6.45) is 0. The van der Waals surface area contributed by atoms with Crippen LogP contribution >= 0.6 is 28.3 Å². The maximum atomic E-state index is 11.9. The fraction of sp³-hybridized carbons (Fsp3) is 0.417. The van der Waals surface area contributed by atoms with Crippen LogP contribution in [0.25, 0.3) is 0 Å². The number of likely N-dealkylation sites (N-methyl/N-ethyl adjacent to an activating group) is 1. The van der Waals surface area contributed by atoms with Crippen LogP contribution in [0.15, 0.2) is 28.7 Å². The maximum absolute atomic E-state index is 11.9. The Kier molecular flexibility index (Phi) is 9.04. The monoisotopic (exact) mass is 384 g/mol. The Morgan fingerprint density at radius 2 is 2.00 bits per heavy atom. The highest BCUT2D eigenvalue weighted by Crippen LogP contribution is 2.14. The quantitative estimate of drug-likeness (QED) is 0.690. The second-order valence-corrected chi connectivity index (χ2v) is 7.10. The Bertz CT molecular complexity index is 537. The van der Waals surface area contributed by atoms with Crippen molar-refractivity contribution in [3.8, 4) is 0 Å². The molecule has 0 saturated carbocycles. The molecule has 0 fully saturated rings. The van der Waals surface area contributed by atoms with E-state index in [-0.39, 0.29) is 18.2 Å². The Labute approximate surface area is 134 Å². The first kappa shape index (κ1) is 19.4. The van der Waals surface area contributed by atoms with Crippen molar-refractivity contribution >= 4 is 44.1 Å². The van der Waals surface area contributed by atoms with Gasteiger partial charge in [-0.05, 0) is 24.7 Å². The van der Waals surface area contributed by atoms with Crippen LogP contribution in [0, 0.1) is 0 Å². The lowest BCUT2D eigenvalue weighted by Gasteiger charge is -2.06. The highest BCUT2D eigenvalue weighted by molar-refractivity contribution is 9.10. The predicted molar refractivity (Wildman–Crippen MR) is 85.8 cm³/mol. The Balaban J connectivity index is 0.00000361. The van der Waals surface area contributed by atoms with Gasteiger partial charge in [-0.25, -0.2) is 8.42 Å². The lowest BCUT2D eigenvalue weighted by atomic mass is 10.2. The van der Waals surface area contributed by atoms with Crippen LogP contribution in [0.5, 0.6) is 0 Å². The van der Waals surface area contributed by atoms with Gasteiger partial charge in [0.1, 0.15) is 5.75 Å². The molecule has 20 heavy (non-hydrogen) atoms. The minimum atomic E-state index is -3.44. The predicted octanol–water partition coefficient (Wildman–Crippen LogP) is 1.12. The number of carbonyl (C=O) groups excluding carboxylic acids is 1. The molecule has 2 N–H and O–H groups in total. The van der Waals surface area contributed by atoms with Gasteiger partial charge in [0.15, 0.2) is 9.84 Å². The molecule has 0 saturated heterocycles. The molecule has 8 heteroatoms. The summed E-state index contributed by atoms with van der Waals surface area (Å²) in [5.41, 5.74) is 0.664. The highest BCUT2D eigenvalue weighted by atomic mass is 79.9. The summed E-state index contributed by atoms with van der Waals surface area (Å²) in [6.45, 7) is 1.03. The van der Waals surface area contributed by atoms with Crippen LogP contribution in [0.4, 0.5) is 0 Å². The smallest absolute Gasteiger partial charge is 0.235 e. The number of rotatable bonds is 7. The van der Waals surface area contributed by atoms with E-state index >= 15 is 0 Å². The van der Waals surface area contributed by atoms with Gasteiger partial charge in [0.05, 0.1) is 5.75 Å². The van der Waals surface area contributed by atoms with E-state index in [1.54, 1.807) is 25.2 Å². The molecule has 0 aliphatic carbocycles. The van der Waals surface area contributed by atoms with Crippen molar-refractivity contribution in [1.29, 1.82) is 0 Å². The van der Waals surface area contributed by atoms with Crippen LogP contribution in [-0.2, 0) is 20.4 Å². The second kappa shape index (κ2) is 9.33. The zero-order chi connectivity index (χ0) is 14.3. The van der Waals surface area contributed by atoms with Crippen LogP contribution in [-0.4, -0.2) is 40.2 Å². The molecule has 0 spiro atoms. The lowest BCUT2D eigenvalue weighted by molar-refractivity contribution is -0.118. The van der Waals surface area contributed by atoms with E-state index in [9.17, 15) is 13.2 Å². The molecule has 1 rings (SSSR count). The van der Waals surface area contributed by atoms with E-state index in [2.05, 4.69) is 26.6 Å². The van der Waals surface area contributed by atoms with E-state index in [1.807, 2.05) is 6.07 Å². The summed E-state index contributed by atoms with van der Waals surface area (Å²) in [7, 11) is -1.68. The number of nitrogens with one attached hydrogen (secondary N) is 2. The molecule has 0 heterocycles. The molecule has 1 aromatic rings. The van der Waals surface area contributed by atoms with Gasteiger partial charge in [-0.3, -0.25) is 4.79 Å². The largest absolute Gasteiger partial charge is 0.354 e. The van der Waals surface area contributed by atoms with Crippen molar-refractivity contribution in [1.82, 2.24) is 10.6 Å². The average Bonchev–Trinajstić information content (AvgIpc) is 2.27. The fourth-order valence-corrected chi connectivity index (χ4v) is 3.25. The topological polar surface area (TPSA) is 75.3 Å². The third kappa shape index (κ3) is 7.84. The van der Waals surface area contributed by atoms with E-state index in [0.29, 0.717) is 18.7 Å². The van der Waals surface area contributed by atoms with Gasteiger partial charge in [0.25, 0.3) is 0 Å². The van der Waals surface area contributed by atoms with Gasteiger partial charge in [-0.15, -0.1) is 12.4 Å². The lowest BCUT2D eigenvalue weighted by Crippen LogP contribution is -2.35. The Morgan fingerprint density at radius 1 is 1.30 bits per heavy atom. The van der Waals surface area contributed by atoms with Gasteiger partial charge in [0.2, 0.25) is 5.91 Å². The van der Waals surface area contributed by atoms with Gasteiger partial charge in [0, 0.05) is 17.6 Å². The molecule has 5 nitrogen and oxygen atoms in total. The molecular weight excluding hydrogens is 368 g/mol. The van der Waals surface area contributed by atoms with E-state index in [1.165, 1.54) is 0 Å². The average molecular weight is 386 g/mol. The summed E-state index contributed by atoms with van der Waals surface area (Å²) < 4.78 is 24.5. The molecular formula is C12H18BrClN2O3S. The van der Waals surface area contributed by atoms with Crippen molar-refractivity contribution in [2.24, 2.45) is 0 Å². The SMILES string of the molecule is CNCCNC(=O)CS(=O)(=O)Cc1cccc(Br)c1.Cl. The summed E-state index contributed by atoms with van der Waals surface area (Å²) in [4.78, 5) is 11.5. The number of carbonyl (C=O) groups is 1. The van der Waals surface area contributed by atoms with Gasteiger partial charge >= 0.3 is 0 Å². The van der Waals surface area contributed by atoms with Crippen LogP contribution < -0.4 is 10.6 Å². The molecule has 0 aliphatic rings. The number of benzene rings is 1. The summed E-state index contributed by atoms with van der Waals surface area (Å²) in [6, 6.07) is 7.04. The first-order chi connectivity index (χ1) is 8.93. The molecule has 0 bridgehead atoms. The first-order valence-electron chi connectivity index (χ1n) is 5.79. The van der Waals surface area contributed by atoms with Crippen molar-refractivity contribution in [3.05, 3.63) is 34.3 Å². The Morgan fingerprint density at radius 3 is 2.60 bits per heavy atom. The maximum Gasteiger partial charge on any atom is 0.235 e. The third-order valence-corrected chi connectivity index (χ3v) is 4.29. The normalized spacial score (nSPS) is 10.7. The standard InChI is InChI=1S/C12H17BrN2O3S.ClH/c1-14-5-6-15-12(16)9-19(17,18)8-10-3-2-4-11(13)7-10;/h2-4,7,14H,5-6,8-9H2,1H3,(H,15,16);1H. The van der Waals surface area contributed by atoms with Gasteiger partial charge in [-0.2, -0.15) is 0 Å². The number of sulfone groups is 1. The zero-order valence-electron chi connectivity index (χ0n) is 11.1. The molecule has 114 valence electrons. The highest BCUT2D eigenvalue weighted by Gasteiger charge is 2.17. The molecule has 0 aliphatic heterocycles. The van der Waals surface area contributed by atoms with Crippen LogP contribution in [0.1, 0.15) is 5.56 Å². The molecule has 1 aromatic carbocycles. The van der Waals surface area contributed by atoms with E-state index < -0.39 is 21.5 Å². The van der Waals surface area contributed by atoms with E-state index in [4.69, 9.17) is 0 Å². The minimum absolute atomic E-state index is 0. The summed E-state index contributed by atoms with van der Waals surface area (Å²) in [5, 5.41) is 5.41. The van der Waals surface area contributed by atoms with Crippen molar-refractivity contribution in [3.63, 3.8) is 0 Å². The van der Waals surface area contributed by atoms with E-state index in [0.717, 1.165) is 4.47 Å². The number of halogens is 2. The number of amides is 1. The van der Waals surface area contributed by atoms with Crippen LogP contribution in [0.2, 0.25) is 0 Å². The number of hydrogen-bond donors (Lipinski definition) is 2. The summed E-state index contributed by atoms with van der Waals surface area (Å²) in [5.74, 6) is -1.08. The summed E-state index contributed by atoms with van der Waals surface area (Å²) >= 11 is 3.28. The molecule has 0 atom stereocenters. The molecule has 0 radical (unpaired) electrons. The van der Waals surface area contributed by atoms with Crippen molar-refractivity contribution in [2.75, 3.05) is 25.9 Å². The fourth-order valence-electron chi connectivity index (χ4n) is 1.51. The van der Waals surface area contributed by atoms with Crippen molar-refractivity contribution in [2.45, 2.75) is 5.75 Å². The number of hydrogen-bond acceptors (Lipinski definition) is 4. The van der Waals surface area contributed by atoms with Crippen LogP contribution in [0.3, 0.4) is 0 Å². The molecule has 0 aromatic heterocycles. The first-order valence-corrected chi connectivity index (χ1v) is 8.40. The van der Waals surface area contributed by atoms with Crippen molar-refractivity contribution < 1.29 is 13.2 Å². The van der Waals surface area contributed by atoms with Gasteiger partial charge in [-0.1, -0.05) is 28.1 Å². The zero-order valence-corrected chi connectivity index (χ0v) is 14.3. The second-order valence-electron chi connectivity index (χ2n) is 4.12. The molecule has 1 amide bonds.